The van der Waals surface area contributed by atoms with Gasteiger partial charge in [-0.3, -0.25) is 0 Å². The summed E-state index contributed by atoms with van der Waals surface area (Å²) >= 11 is 0. The van der Waals surface area contributed by atoms with Gasteiger partial charge in [-0.1, -0.05) is 24.6 Å². The molecule has 1 aliphatic rings. The number of aliphatic hydroxyl groups excluding tert-OH is 1. The Kier molecular flexibility index (Phi) is 4.48. The molecule has 0 aromatic heterocycles. The van der Waals surface area contributed by atoms with E-state index in [4.69, 9.17) is 9.47 Å². The summed E-state index contributed by atoms with van der Waals surface area (Å²) in [7, 11) is 0. The third-order valence-electron chi connectivity index (χ3n) is 3.61. The maximum absolute atomic E-state index is 9.76. The lowest BCUT2D eigenvalue weighted by molar-refractivity contribution is -0.162. The lowest BCUT2D eigenvalue weighted by atomic mass is 9.87. The summed E-state index contributed by atoms with van der Waals surface area (Å²) in [5.41, 5.74) is 3.54. The molecule has 3 heteroatoms. The van der Waals surface area contributed by atoms with Gasteiger partial charge in [0, 0.05) is 13.0 Å². The molecule has 3 unspecified atom stereocenters. The molecule has 0 radical (unpaired) electrons. The molecule has 0 spiro atoms. The Hall–Kier alpha value is -1.06. The van der Waals surface area contributed by atoms with Gasteiger partial charge in [0.15, 0.2) is 0 Å². The van der Waals surface area contributed by atoms with Gasteiger partial charge in [0.2, 0.25) is 0 Å². The van der Waals surface area contributed by atoms with E-state index in [0.717, 1.165) is 23.3 Å². The molecular weight excluding hydrogens is 240 g/mol. The van der Waals surface area contributed by atoms with E-state index < -0.39 is 0 Å². The Balaban J connectivity index is 2.05. The second-order valence-electron chi connectivity index (χ2n) is 5.52. The van der Waals surface area contributed by atoms with Crippen LogP contribution in [0, 0.1) is 20.8 Å². The summed E-state index contributed by atoms with van der Waals surface area (Å²) in [6, 6.07) is 4.25. The summed E-state index contributed by atoms with van der Waals surface area (Å²) in [5, 5.41) is 9.76. The van der Waals surface area contributed by atoms with Crippen molar-refractivity contribution in [3.63, 3.8) is 0 Å². The minimum absolute atomic E-state index is 0.0262. The maximum Gasteiger partial charge on any atom is 0.130 e. The molecule has 19 heavy (non-hydrogen) atoms. The zero-order valence-corrected chi connectivity index (χ0v) is 12.3. The van der Waals surface area contributed by atoms with Crippen LogP contribution in [0.5, 0.6) is 5.75 Å². The first-order valence-corrected chi connectivity index (χ1v) is 7.07. The summed E-state index contributed by atoms with van der Waals surface area (Å²) in [6.45, 7) is 8.95. The Labute approximate surface area is 115 Å². The Morgan fingerprint density at radius 2 is 1.84 bits per heavy atom. The smallest absolute Gasteiger partial charge is 0.130 e. The van der Waals surface area contributed by atoms with Crippen LogP contribution in [-0.2, 0) is 4.74 Å². The highest BCUT2D eigenvalue weighted by atomic mass is 16.6. The van der Waals surface area contributed by atoms with Crippen molar-refractivity contribution < 1.29 is 14.6 Å². The van der Waals surface area contributed by atoms with Gasteiger partial charge in [-0.25, -0.2) is 0 Å². The number of aryl methyl sites for hydroxylation is 3. The van der Waals surface area contributed by atoms with Gasteiger partial charge in [0.25, 0.3) is 0 Å². The molecule has 2 rings (SSSR count). The molecule has 0 amide bonds. The second-order valence-corrected chi connectivity index (χ2v) is 5.52. The molecule has 0 aliphatic heterocycles. The van der Waals surface area contributed by atoms with Crippen LogP contribution in [0.2, 0.25) is 0 Å². The van der Waals surface area contributed by atoms with Crippen molar-refractivity contribution in [3.05, 3.63) is 28.8 Å². The first-order valence-electron chi connectivity index (χ1n) is 7.07. The van der Waals surface area contributed by atoms with Gasteiger partial charge in [-0.05, 0) is 38.3 Å². The number of rotatable bonds is 5. The number of benzene rings is 1. The van der Waals surface area contributed by atoms with Crippen LogP contribution in [-0.4, -0.2) is 30.0 Å². The number of ether oxygens (including phenoxy) is 2. The van der Waals surface area contributed by atoms with Crippen LogP contribution in [0.4, 0.5) is 0 Å². The first kappa shape index (κ1) is 14.4. The summed E-state index contributed by atoms with van der Waals surface area (Å²) in [5.74, 6) is 0.938. The molecule has 0 bridgehead atoms. The standard InChI is InChI=1S/C16H24O3/c1-5-6-18-16-13(17)9-14(16)19-15-11(3)7-10(2)8-12(15)4/h7-8,13-14,16-17H,5-6,9H2,1-4H3. The number of aliphatic hydroxyl groups is 1. The quantitative estimate of drug-likeness (QED) is 0.888. The van der Waals surface area contributed by atoms with E-state index in [-0.39, 0.29) is 18.3 Å². The Morgan fingerprint density at radius 1 is 1.21 bits per heavy atom. The molecule has 1 aromatic rings. The highest BCUT2D eigenvalue weighted by Gasteiger charge is 2.43. The Bertz CT molecular complexity index is 419. The molecule has 1 saturated carbocycles. The fourth-order valence-corrected chi connectivity index (χ4v) is 2.65. The summed E-state index contributed by atoms with van der Waals surface area (Å²) in [4.78, 5) is 0. The van der Waals surface area contributed by atoms with Crippen molar-refractivity contribution in [1.29, 1.82) is 0 Å². The van der Waals surface area contributed by atoms with Gasteiger partial charge < -0.3 is 14.6 Å². The normalized spacial score (nSPS) is 26.1. The van der Waals surface area contributed by atoms with E-state index in [1.54, 1.807) is 0 Å². The average molecular weight is 264 g/mol. The molecule has 0 saturated heterocycles. The van der Waals surface area contributed by atoms with Crippen LogP contribution in [0.1, 0.15) is 36.5 Å². The van der Waals surface area contributed by atoms with E-state index in [0.29, 0.717) is 13.0 Å². The second kappa shape index (κ2) is 5.93. The molecule has 3 atom stereocenters. The fourth-order valence-electron chi connectivity index (χ4n) is 2.65. The lowest BCUT2D eigenvalue weighted by Gasteiger charge is -2.41. The van der Waals surface area contributed by atoms with Crippen LogP contribution in [0.15, 0.2) is 12.1 Å². The number of hydrogen-bond acceptors (Lipinski definition) is 3. The highest BCUT2D eigenvalue weighted by molar-refractivity contribution is 5.43. The van der Waals surface area contributed by atoms with E-state index in [9.17, 15) is 5.11 Å². The number of hydrogen-bond donors (Lipinski definition) is 1. The van der Waals surface area contributed by atoms with Crippen LogP contribution in [0.3, 0.4) is 0 Å². The third-order valence-corrected chi connectivity index (χ3v) is 3.61. The molecular formula is C16H24O3. The Morgan fingerprint density at radius 3 is 2.37 bits per heavy atom. The topological polar surface area (TPSA) is 38.7 Å². The van der Waals surface area contributed by atoms with E-state index >= 15 is 0 Å². The molecule has 106 valence electrons. The summed E-state index contributed by atoms with van der Waals surface area (Å²) < 4.78 is 11.7. The zero-order valence-electron chi connectivity index (χ0n) is 12.3. The van der Waals surface area contributed by atoms with Gasteiger partial charge in [0.1, 0.15) is 18.0 Å². The summed E-state index contributed by atoms with van der Waals surface area (Å²) in [6.07, 6.45) is 1.02. The molecule has 1 aromatic carbocycles. The van der Waals surface area contributed by atoms with Gasteiger partial charge in [0.05, 0.1) is 6.10 Å². The highest BCUT2D eigenvalue weighted by Crippen LogP contribution is 2.33. The zero-order chi connectivity index (χ0) is 14.0. The molecule has 1 aliphatic carbocycles. The molecule has 1 N–H and O–H groups in total. The third kappa shape index (κ3) is 3.10. The first-order chi connectivity index (χ1) is 9.02. The van der Waals surface area contributed by atoms with Crippen molar-refractivity contribution >= 4 is 0 Å². The molecule has 0 heterocycles. The minimum Gasteiger partial charge on any atom is -0.487 e. The van der Waals surface area contributed by atoms with Crippen LogP contribution in [0.25, 0.3) is 0 Å². The largest absolute Gasteiger partial charge is 0.487 e. The van der Waals surface area contributed by atoms with Crippen molar-refractivity contribution in [2.75, 3.05) is 6.61 Å². The van der Waals surface area contributed by atoms with E-state index in [1.807, 2.05) is 0 Å². The van der Waals surface area contributed by atoms with Crippen molar-refractivity contribution in [2.45, 2.75) is 58.8 Å². The molecule has 3 nitrogen and oxygen atoms in total. The van der Waals surface area contributed by atoms with E-state index in [1.165, 1.54) is 5.56 Å². The van der Waals surface area contributed by atoms with Gasteiger partial charge in [-0.15, -0.1) is 0 Å². The van der Waals surface area contributed by atoms with Gasteiger partial charge in [-0.2, -0.15) is 0 Å². The maximum atomic E-state index is 9.76. The lowest BCUT2D eigenvalue weighted by Crippen LogP contribution is -2.55. The van der Waals surface area contributed by atoms with Crippen molar-refractivity contribution in [2.24, 2.45) is 0 Å². The monoisotopic (exact) mass is 264 g/mol. The van der Waals surface area contributed by atoms with Crippen molar-refractivity contribution in [3.8, 4) is 5.75 Å². The predicted octanol–water partition coefficient (Wildman–Crippen LogP) is 2.92. The SMILES string of the molecule is CCCOC1C(O)CC1Oc1c(C)cc(C)cc1C. The predicted molar refractivity (Wildman–Crippen MR) is 75.7 cm³/mol. The van der Waals surface area contributed by atoms with E-state index in [2.05, 4.69) is 39.8 Å². The van der Waals surface area contributed by atoms with Crippen molar-refractivity contribution in [1.82, 2.24) is 0 Å². The minimum atomic E-state index is -0.386. The molecule has 1 fully saturated rings. The fraction of sp³-hybridized carbons (Fsp3) is 0.625. The van der Waals surface area contributed by atoms with Crippen LogP contribution >= 0.6 is 0 Å². The average Bonchev–Trinajstić information content (AvgIpc) is 2.32. The van der Waals surface area contributed by atoms with Gasteiger partial charge >= 0.3 is 0 Å². The van der Waals surface area contributed by atoms with Crippen LogP contribution < -0.4 is 4.74 Å².